The predicted molar refractivity (Wildman–Crippen MR) is 122 cm³/mol. The van der Waals surface area contributed by atoms with Gasteiger partial charge < -0.3 is 25.8 Å². The molecule has 2 aromatic rings. The zero-order valence-corrected chi connectivity index (χ0v) is 19.0. The Labute approximate surface area is 183 Å². The third-order valence-electron chi connectivity index (χ3n) is 5.08. The van der Waals surface area contributed by atoms with E-state index in [9.17, 15) is 0 Å². The number of hydrogen-bond donors (Lipinski definition) is 3. The zero-order chi connectivity index (χ0) is 22.4. The van der Waals surface area contributed by atoms with Crippen LogP contribution >= 0.6 is 0 Å². The molecule has 0 saturated carbocycles. The Morgan fingerprint density at radius 1 is 1.45 bits per heavy atom. The fraction of sp³-hybridized carbons (Fsp3) is 0.619. The normalized spacial score (nSPS) is 21.2. The molecule has 0 aliphatic carbocycles. The van der Waals surface area contributed by atoms with Gasteiger partial charge in [0.25, 0.3) is 0 Å². The molecule has 0 aromatic carbocycles. The lowest BCUT2D eigenvalue weighted by Gasteiger charge is -2.29. The van der Waals surface area contributed by atoms with E-state index in [-0.39, 0.29) is 12.3 Å². The molecule has 0 bridgehead atoms. The highest BCUT2D eigenvalue weighted by Crippen LogP contribution is 2.29. The van der Waals surface area contributed by atoms with E-state index < -0.39 is 0 Å². The summed E-state index contributed by atoms with van der Waals surface area (Å²) in [5.41, 5.74) is 7.66. The van der Waals surface area contributed by atoms with Gasteiger partial charge in [-0.25, -0.2) is 4.98 Å². The number of ether oxygens (including phenoxy) is 2. The van der Waals surface area contributed by atoms with Crippen LogP contribution in [-0.4, -0.2) is 63.9 Å². The summed E-state index contributed by atoms with van der Waals surface area (Å²) in [4.78, 5) is 13.7. The molecule has 2 aromatic heterocycles. The average molecular weight is 431 g/mol. The standard InChI is InChI=1S/C21H34N8O2/c1-6-30-15(5)24-11-16(9-22)18-19(31-13(2)3)20-27-21(28-29(20)12-25-18)26-17-7-8-23-10-14(17)4/h9,11-15,17,23H,6-8,10,22H2,1-5H3,(H,26,28)/b16-9+,24-11+. The van der Waals surface area contributed by atoms with Crippen molar-refractivity contribution in [3.63, 3.8) is 0 Å². The number of hydrogen-bond acceptors (Lipinski definition) is 9. The maximum absolute atomic E-state index is 6.11. The minimum atomic E-state index is -0.283. The summed E-state index contributed by atoms with van der Waals surface area (Å²) in [6.07, 6.45) is 5.38. The first-order valence-electron chi connectivity index (χ1n) is 10.9. The molecule has 10 heteroatoms. The molecule has 170 valence electrons. The molecule has 0 spiro atoms. The van der Waals surface area contributed by atoms with Crippen molar-refractivity contribution in [1.29, 1.82) is 0 Å². The number of piperidine rings is 1. The molecule has 1 saturated heterocycles. The maximum Gasteiger partial charge on any atom is 0.243 e. The highest BCUT2D eigenvalue weighted by Gasteiger charge is 2.24. The summed E-state index contributed by atoms with van der Waals surface area (Å²) < 4.78 is 13.2. The van der Waals surface area contributed by atoms with Crippen molar-refractivity contribution in [3.05, 3.63) is 18.2 Å². The number of aliphatic imine (C=N–C) groups is 1. The largest absolute Gasteiger partial charge is 0.485 e. The van der Waals surface area contributed by atoms with Crippen molar-refractivity contribution in [1.82, 2.24) is 24.9 Å². The van der Waals surface area contributed by atoms with Gasteiger partial charge >= 0.3 is 0 Å². The van der Waals surface area contributed by atoms with E-state index in [1.807, 2.05) is 27.7 Å². The van der Waals surface area contributed by atoms with Crippen molar-refractivity contribution in [3.8, 4) is 5.75 Å². The van der Waals surface area contributed by atoms with Gasteiger partial charge in [-0.3, -0.25) is 4.99 Å². The highest BCUT2D eigenvalue weighted by atomic mass is 16.5. The first kappa shape index (κ1) is 23.0. The Morgan fingerprint density at radius 3 is 2.94 bits per heavy atom. The number of nitrogens with one attached hydrogen (secondary N) is 2. The van der Waals surface area contributed by atoms with E-state index in [1.165, 1.54) is 6.20 Å². The van der Waals surface area contributed by atoms with Crippen LogP contribution < -0.4 is 21.1 Å². The van der Waals surface area contributed by atoms with Crippen LogP contribution in [-0.2, 0) is 4.74 Å². The minimum Gasteiger partial charge on any atom is -0.485 e. The van der Waals surface area contributed by atoms with Crippen molar-refractivity contribution < 1.29 is 9.47 Å². The SMILES string of the molecule is CCOC(C)/N=C/C(=C\N)c1ncn2nc(NC3CCNCC3C)nc2c1OC(C)C. The van der Waals surface area contributed by atoms with E-state index in [0.717, 1.165) is 19.5 Å². The molecule has 10 nitrogen and oxygen atoms in total. The Hall–Kier alpha value is -2.72. The van der Waals surface area contributed by atoms with E-state index in [0.29, 0.717) is 47.2 Å². The molecule has 31 heavy (non-hydrogen) atoms. The number of nitrogens with zero attached hydrogens (tertiary/aromatic N) is 5. The first-order chi connectivity index (χ1) is 14.9. The summed E-state index contributed by atoms with van der Waals surface area (Å²) in [5, 5.41) is 11.4. The van der Waals surface area contributed by atoms with E-state index in [2.05, 4.69) is 32.6 Å². The molecular weight excluding hydrogens is 396 g/mol. The summed E-state index contributed by atoms with van der Waals surface area (Å²) in [7, 11) is 0. The Balaban J connectivity index is 1.96. The predicted octanol–water partition coefficient (Wildman–Crippen LogP) is 2.07. The number of allylic oxidation sites excluding steroid dienone is 1. The number of aromatic nitrogens is 4. The second-order valence-corrected chi connectivity index (χ2v) is 7.97. The summed E-state index contributed by atoms with van der Waals surface area (Å²) in [5.74, 6) is 1.56. The van der Waals surface area contributed by atoms with E-state index in [1.54, 1.807) is 17.1 Å². The Kier molecular flexibility index (Phi) is 7.80. The third kappa shape index (κ3) is 5.71. The van der Waals surface area contributed by atoms with Gasteiger partial charge in [0.05, 0.1) is 6.10 Å². The second-order valence-electron chi connectivity index (χ2n) is 7.97. The van der Waals surface area contributed by atoms with Gasteiger partial charge in [-0.15, -0.1) is 5.10 Å². The van der Waals surface area contributed by atoms with E-state index >= 15 is 0 Å². The average Bonchev–Trinajstić information content (AvgIpc) is 3.14. The van der Waals surface area contributed by atoms with Gasteiger partial charge in [0, 0.05) is 30.6 Å². The number of anilines is 1. The second kappa shape index (κ2) is 10.5. The molecular formula is C21H34N8O2. The topological polar surface area (TPSA) is 124 Å². The fourth-order valence-corrected chi connectivity index (χ4v) is 3.49. The van der Waals surface area contributed by atoms with Crippen LogP contribution in [0, 0.1) is 5.92 Å². The lowest BCUT2D eigenvalue weighted by Crippen LogP contribution is -2.42. The zero-order valence-electron chi connectivity index (χ0n) is 19.0. The van der Waals surface area contributed by atoms with Crippen molar-refractivity contribution in [2.24, 2.45) is 16.6 Å². The Morgan fingerprint density at radius 2 is 2.26 bits per heavy atom. The quantitative estimate of drug-likeness (QED) is 0.517. The van der Waals surface area contributed by atoms with Gasteiger partial charge in [-0.1, -0.05) is 6.92 Å². The van der Waals surface area contributed by atoms with Crippen LogP contribution in [0.5, 0.6) is 5.75 Å². The summed E-state index contributed by atoms with van der Waals surface area (Å²) in [6.45, 7) is 12.5. The third-order valence-corrected chi connectivity index (χ3v) is 5.08. The monoisotopic (exact) mass is 430 g/mol. The molecule has 1 fully saturated rings. The summed E-state index contributed by atoms with van der Waals surface area (Å²) >= 11 is 0. The first-order valence-corrected chi connectivity index (χ1v) is 10.9. The molecule has 1 aliphatic rings. The number of fused-ring (bicyclic) bond motifs is 1. The molecule has 1 aliphatic heterocycles. The van der Waals surface area contributed by atoms with Gasteiger partial charge in [-0.2, -0.15) is 9.50 Å². The molecule has 3 atom stereocenters. The minimum absolute atomic E-state index is 0.0809. The molecule has 4 N–H and O–H groups in total. The van der Waals surface area contributed by atoms with Crippen molar-refractivity contribution in [2.75, 3.05) is 25.0 Å². The van der Waals surface area contributed by atoms with Gasteiger partial charge in [0.15, 0.2) is 5.75 Å². The maximum atomic E-state index is 6.11. The van der Waals surface area contributed by atoms with Crippen LogP contribution in [0.3, 0.4) is 0 Å². The highest BCUT2D eigenvalue weighted by molar-refractivity contribution is 6.10. The number of nitrogens with two attached hydrogens (primary N) is 1. The molecule has 3 unspecified atom stereocenters. The lowest BCUT2D eigenvalue weighted by atomic mass is 9.95. The van der Waals surface area contributed by atoms with Gasteiger partial charge in [0.2, 0.25) is 11.6 Å². The number of rotatable bonds is 9. The van der Waals surface area contributed by atoms with Gasteiger partial charge in [0.1, 0.15) is 18.2 Å². The van der Waals surface area contributed by atoms with Crippen molar-refractivity contribution >= 4 is 23.4 Å². The van der Waals surface area contributed by atoms with Crippen molar-refractivity contribution in [2.45, 2.75) is 59.4 Å². The Bertz CT molecular complexity index is 923. The van der Waals surface area contributed by atoms with Crippen LogP contribution in [0.25, 0.3) is 11.2 Å². The van der Waals surface area contributed by atoms with Crippen LogP contribution in [0.4, 0.5) is 5.95 Å². The van der Waals surface area contributed by atoms with Crippen LogP contribution in [0.2, 0.25) is 0 Å². The van der Waals surface area contributed by atoms with Crippen LogP contribution in [0.1, 0.15) is 46.7 Å². The van der Waals surface area contributed by atoms with E-state index in [4.69, 9.17) is 20.2 Å². The molecule has 3 rings (SSSR count). The molecule has 3 heterocycles. The molecule has 0 radical (unpaired) electrons. The smallest absolute Gasteiger partial charge is 0.243 e. The fourth-order valence-electron chi connectivity index (χ4n) is 3.49. The van der Waals surface area contributed by atoms with Crippen LogP contribution in [0.15, 0.2) is 17.5 Å². The summed E-state index contributed by atoms with van der Waals surface area (Å²) in [6, 6.07) is 0.312. The lowest BCUT2D eigenvalue weighted by molar-refractivity contribution is 0.0836. The van der Waals surface area contributed by atoms with Gasteiger partial charge in [-0.05, 0) is 53.1 Å². The molecule has 0 amide bonds.